The van der Waals surface area contributed by atoms with Crippen LogP contribution in [0.3, 0.4) is 0 Å². The molecule has 1 amide bonds. The number of methoxy groups -OCH3 is 1. The van der Waals surface area contributed by atoms with Crippen molar-refractivity contribution < 1.29 is 14.1 Å². The largest absolute Gasteiger partial charge is 0.497 e. The number of ether oxygens (including phenoxy) is 1. The fourth-order valence-corrected chi connectivity index (χ4v) is 2.19. The average molecular weight is 344 g/mol. The first kappa shape index (κ1) is 16.0. The molecule has 3 rings (SSSR count). The molecule has 1 N–H and O–H groups in total. The molecule has 2 aromatic carbocycles. The summed E-state index contributed by atoms with van der Waals surface area (Å²) >= 11 is 5.80. The van der Waals surface area contributed by atoms with Gasteiger partial charge in [-0.2, -0.15) is 4.98 Å². The van der Waals surface area contributed by atoms with E-state index in [4.69, 9.17) is 20.9 Å². The number of hydrogen-bond acceptors (Lipinski definition) is 5. The number of halogens is 1. The molecular weight excluding hydrogens is 330 g/mol. The molecule has 6 nitrogen and oxygen atoms in total. The Labute approximate surface area is 143 Å². The predicted molar refractivity (Wildman–Crippen MR) is 88.9 cm³/mol. The minimum Gasteiger partial charge on any atom is -0.497 e. The Morgan fingerprint density at radius 1 is 1.25 bits per heavy atom. The van der Waals surface area contributed by atoms with Gasteiger partial charge in [0, 0.05) is 16.1 Å². The van der Waals surface area contributed by atoms with E-state index < -0.39 is 0 Å². The number of carbonyl (C=O) groups is 1. The second-order valence-electron chi connectivity index (χ2n) is 4.93. The van der Waals surface area contributed by atoms with Gasteiger partial charge in [0.15, 0.2) is 0 Å². The van der Waals surface area contributed by atoms with E-state index in [2.05, 4.69) is 15.5 Å². The Morgan fingerprint density at radius 2 is 2.04 bits per heavy atom. The predicted octanol–water partition coefficient (Wildman–Crippen LogP) is 3.33. The van der Waals surface area contributed by atoms with Crippen molar-refractivity contribution in [3.05, 3.63) is 65.0 Å². The van der Waals surface area contributed by atoms with Crippen LogP contribution in [0.25, 0.3) is 11.4 Å². The van der Waals surface area contributed by atoms with Crippen molar-refractivity contribution in [3.8, 4) is 17.1 Å². The van der Waals surface area contributed by atoms with Gasteiger partial charge in [-0.05, 0) is 36.4 Å². The van der Waals surface area contributed by atoms with Gasteiger partial charge in [-0.1, -0.05) is 28.9 Å². The van der Waals surface area contributed by atoms with Crippen LogP contribution in [0, 0.1) is 0 Å². The van der Waals surface area contributed by atoms with Crippen molar-refractivity contribution >= 4 is 17.5 Å². The molecule has 0 spiro atoms. The van der Waals surface area contributed by atoms with Crippen LogP contribution in [0.5, 0.6) is 5.75 Å². The van der Waals surface area contributed by atoms with Gasteiger partial charge in [-0.15, -0.1) is 0 Å². The molecule has 1 heterocycles. The topological polar surface area (TPSA) is 77.3 Å². The van der Waals surface area contributed by atoms with Gasteiger partial charge in [0.05, 0.1) is 13.7 Å². The van der Waals surface area contributed by atoms with Gasteiger partial charge in [0.25, 0.3) is 5.91 Å². The first-order chi connectivity index (χ1) is 11.7. The van der Waals surface area contributed by atoms with Crippen LogP contribution in [0.15, 0.2) is 53.1 Å². The first-order valence-electron chi connectivity index (χ1n) is 7.16. The fraction of sp³-hybridized carbons (Fsp3) is 0.118. The third-order valence-corrected chi connectivity index (χ3v) is 3.55. The van der Waals surface area contributed by atoms with Crippen molar-refractivity contribution in [2.24, 2.45) is 0 Å². The summed E-state index contributed by atoms with van der Waals surface area (Å²) in [5.74, 6) is 1.21. The monoisotopic (exact) mass is 343 g/mol. The number of hydrogen-bond donors (Lipinski definition) is 1. The molecule has 122 valence electrons. The number of aromatic nitrogens is 2. The third-order valence-electron chi connectivity index (χ3n) is 3.30. The number of nitrogens with one attached hydrogen (secondary N) is 1. The Hall–Kier alpha value is -2.86. The van der Waals surface area contributed by atoms with Crippen LogP contribution < -0.4 is 10.1 Å². The molecule has 0 aliphatic heterocycles. The van der Waals surface area contributed by atoms with Crippen LogP contribution in [0.2, 0.25) is 5.02 Å². The molecular formula is C17H14ClN3O3. The first-order valence-corrected chi connectivity index (χ1v) is 7.54. The number of benzene rings is 2. The average Bonchev–Trinajstić information content (AvgIpc) is 3.09. The van der Waals surface area contributed by atoms with Gasteiger partial charge >= 0.3 is 0 Å². The molecule has 0 bridgehead atoms. The van der Waals surface area contributed by atoms with E-state index in [0.29, 0.717) is 28.1 Å². The molecule has 0 fully saturated rings. The number of nitrogens with zero attached hydrogens (tertiary/aromatic N) is 2. The highest BCUT2D eigenvalue weighted by Gasteiger charge is 2.11. The van der Waals surface area contributed by atoms with Gasteiger partial charge in [-0.3, -0.25) is 4.79 Å². The minimum atomic E-state index is -0.243. The molecule has 0 unspecified atom stereocenters. The molecule has 0 atom stereocenters. The molecule has 0 aliphatic carbocycles. The van der Waals surface area contributed by atoms with Crippen molar-refractivity contribution in [2.45, 2.75) is 6.54 Å². The highest BCUT2D eigenvalue weighted by atomic mass is 35.5. The molecule has 0 radical (unpaired) electrons. The van der Waals surface area contributed by atoms with Crippen LogP contribution in [0.4, 0.5) is 0 Å². The van der Waals surface area contributed by atoms with Crippen LogP contribution in [-0.2, 0) is 6.54 Å². The molecule has 0 saturated carbocycles. The lowest BCUT2D eigenvalue weighted by Gasteiger charge is -2.02. The van der Waals surface area contributed by atoms with E-state index in [1.807, 2.05) is 18.2 Å². The van der Waals surface area contributed by atoms with Crippen molar-refractivity contribution in [3.63, 3.8) is 0 Å². The summed E-state index contributed by atoms with van der Waals surface area (Å²) in [6.45, 7) is 0.137. The minimum absolute atomic E-state index is 0.137. The zero-order chi connectivity index (χ0) is 16.9. The summed E-state index contributed by atoms with van der Waals surface area (Å²) in [5, 5.41) is 7.21. The smallest absolute Gasteiger partial charge is 0.251 e. The molecule has 0 aliphatic rings. The van der Waals surface area contributed by atoms with Crippen LogP contribution >= 0.6 is 11.6 Å². The normalized spacial score (nSPS) is 10.4. The standard InChI is InChI=1S/C17H14ClN3O3/c1-23-14-4-2-3-12(9-14)16-20-15(24-21-16)10-19-17(22)11-5-7-13(18)8-6-11/h2-9H,10H2,1H3,(H,19,22). The lowest BCUT2D eigenvalue weighted by atomic mass is 10.2. The molecule has 3 aromatic rings. The lowest BCUT2D eigenvalue weighted by Crippen LogP contribution is -2.22. The summed E-state index contributed by atoms with van der Waals surface area (Å²) in [4.78, 5) is 16.3. The Morgan fingerprint density at radius 3 is 2.79 bits per heavy atom. The van der Waals surface area contributed by atoms with Gasteiger partial charge in [0.1, 0.15) is 5.75 Å². The van der Waals surface area contributed by atoms with Crippen molar-refractivity contribution in [1.82, 2.24) is 15.5 Å². The van der Waals surface area contributed by atoms with Crippen LogP contribution in [0.1, 0.15) is 16.2 Å². The molecule has 24 heavy (non-hydrogen) atoms. The maximum Gasteiger partial charge on any atom is 0.251 e. The summed E-state index contributed by atoms with van der Waals surface area (Å²) in [5.41, 5.74) is 1.28. The summed E-state index contributed by atoms with van der Waals surface area (Å²) in [7, 11) is 1.59. The van der Waals surface area contributed by atoms with E-state index in [0.717, 1.165) is 5.56 Å². The van der Waals surface area contributed by atoms with Crippen molar-refractivity contribution in [1.29, 1.82) is 0 Å². The zero-order valence-electron chi connectivity index (χ0n) is 12.8. The van der Waals surface area contributed by atoms with Gasteiger partial charge in [0.2, 0.25) is 11.7 Å². The third kappa shape index (κ3) is 3.72. The summed E-state index contributed by atoms with van der Waals surface area (Å²) < 4.78 is 10.3. The quantitative estimate of drug-likeness (QED) is 0.768. The molecule has 1 aromatic heterocycles. The summed E-state index contributed by atoms with van der Waals surface area (Å²) in [6.07, 6.45) is 0. The van der Waals surface area contributed by atoms with Crippen molar-refractivity contribution in [2.75, 3.05) is 7.11 Å². The van der Waals surface area contributed by atoms with E-state index in [-0.39, 0.29) is 12.5 Å². The highest BCUT2D eigenvalue weighted by Crippen LogP contribution is 2.21. The van der Waals surface area contributed by atoms with Gasteiger partial charge < -0.3 is 14.6 Å². The maximum absolute atomic E-state index is 12.0. The van der Waals surface area contributed by atoms with E-state index in [9.17, 15) is 4.79 Å². The van der Waals surface area contributed by atoms with E-state index >= 15 is 0 Å². The van der Waals surface area contributed by atoms with Crippen LogP contribution in [-0.4, -0.2) is 23.2 Å². The number of amides is 1. The summed E-state index contributed by atoms with van der Waals surface area (Å²) in [6, 6.07) is 13.9. The molecule has 0 saturated heterocycles. The maximum atomic E-state index is 12.0. The second-order valence-corrected chi connectivity index (χ2v) is 5.37. The molecule has 7 heteroatoms. The second kappa shape index (κ2) is 7.14. The fourth-order valence-electron chi connectivity index (χ4n) is 2.07. The van der Waals surface area contributed by atoms with E-state index in [1.165, 1.54) is 0 Å². The lowest BCUT2D eigenvalue weighted by molar-refractivity contribution is 0.0946. The Bertz CT molecular complexity index is 846. The van der Waals surface area contributed by atoms with E-state index in [1.54, 1.807) is 37.4 Å². The Kier molecular flexibility index (Phi) is 4.77. The highest BCUT2D eigenvalue weighted by molar-refractivity contribution is 6.30. The zero-order valence-corrected chi connectivity index (χ0v) is 13.6. The number of carbonyl (C=O) groups excluding carboxylic acids is 1. The van der Waals surface area contributed by atoms with Gasteiger partial charge in [-0.25, -0.2) is 0 Å². The Balaban J connectivity index is 1.65. The SMILES string of the molecule is COc1cccc(-c2noc(CNC(=O)c3ccc(Cl)cc3)n2)c1. The number of rotatable bonds is 5.